The highest BCUT2D eigenvalue weighted by Crippen LogP contribution is 2.15. The molecule has 1 aromatic heterocycles. The molecule has 0 aliphatic carbocycles. The maximum absolute atomic E-state index is 9.20. The summed E-state index contributed by atoms with van der Waals surface area (Å²) in [5.74, 6) is -0.0420. The minimum Gasteiger partial charge on any atom is -0.493 e. The molecule has 0 spiro atoms. The van der Waals surface area contributed by atoms with Crippen molar-refractivity contribution in [3.63, 3.8) is 0 Å². The molecule has 17 heavy (non-hydrogen) atoms. The van der Waals surface area contributed by atoms with Crippen molar-refractivity contribution in [2.45, 2.75) is 12.8 Å². The third-order valence-electron chi connectivity index (χ3n) is 2.27. The van der Waals surface area contributed by atoms with Crippen LogP contribution in [-0.2, 0) is 12.8 Å². The highest BCUT2D eigenvalue weighted by molar-refractivity contribution is 6.30. The van der Waals surface area contributed by atoms with Crippen molar-refractivity contribution >= 4 is 11.6 Å². The average Bonchev–Trinajstić information content (AvgIpc) is 2.25. The molecule has 2 aromatic rings. The van der Waals surface area contributed by atoms with E-state index in [0.29, 0.717) is 23.7 Å². The van der Waals surface area contributed by atoms with Gasteiger partial charge in [-0.05, 0) is 24.1 Å². The molecular formula is C12H11ClN2O2. The summed E-state index contributed by atoms with van der Waals surface area (Å²) in [6.07, 6.45) is 1.23. The second-order valence-corrected chi connectivity index (χ2v) is 4.07. The van der Waals surface area contributed by atoms with Gasteiger partial charge < -0.3 is 10.2 Å². The molecule has 1 aromatic carbocycles. The van der Waals surface area contributed by atoms with Gasteiger partial charge in [-0.2, -0.15) is 9.97 Å². The van der Waals surface area contributed by atoms with Crippen LogP contribution in [0.15, 0.2) is 30.3 Å². The predicted octanol–water partition coefficient (Wildman–Crippen LogP) is 2.33. The maximum atomic E-state index is 9.20. The van der Waals surface area contributed by atoms with Crippen LogP contribution in [-0.4, -0.2) is 20.2 Å². The average molecular weight is 251 g/mol. The van der Waals surface area contributed by atoms with Crippen molar-refractivity contribution in [1.29, 1.82) is 0 Å². The lowest BCUT2D eigenvalue weighted by atomic mass is 10.1. The van der Waals surface area contributed by atoms with Crippen LogP contribution in [0.2, 0.25) is 5.02 Å². The minimum atomic E-state index is -0.224. The summed E-state index contributed by atoms with van der Waals surface area (Å²) in [4.78, 5) is 7.65. The normalized spacial score (nSPS) is 10.4. The molecule has 0 atom stereocenters. The van der Waals surface area contributed by atoms with Gasteiger partial charge in [0.15, 0.2) is 0 Å². The van der Waals surface area contributed by atoms with E-state index >= 15 is 0 Å². The molecule has 0 aliphatic heterocycles. The molecule has 0 saturated heterocycles. The van der Waals surface area contributed by atoms with E-state index in [1.165, 1.54) is 0 Å². The van der Waals surface area contributed by atoms with Gasteiger partial charge in [-0.15, -0.1) is 0 Å². The summed E-state index contributed by atoms with van der Waals surface area (Å²) in [5.41, 5.74) is 1.06. The lowest BCUT2D eigenvalue weighted by molar-refractivity contribution is 0.416. The van der Waals surface area contributed by atoms with Gasteiger partial charge >= 0.3 is 0 Å². The lowest BCUT2D eigenvalue weighted by Crippen LogP contribution is -1.98. The SMILES string of the molecule is Oc1cc(O)nc(CCc2cccc(Cl)c2)n1. The van der Waals surface area contributed by atoms with Gasteiger partial charge in [0.1, 0.15) is 5.82 Å². The Hall–Kier alpha value is -1.81. The largest absolute Gasteiger partial charge is 0.493 e. The molecule has 0 fully saturated rings. The fourth-order valence-electron chi connectivity index (χ4n) is 1.53. The Balaban J connectivity index is 2.07. The Morgan fingerprint density at radius 3 is 2.35 bits per heavy atom. The Labute approximate surface area is 104 Å². The maximum Gasteiger partial charge on any atom is 0.217 e. The van der Waals surface area contributed by atoms with E-state index in [0.717, 1.165) is 11.6 Å². The molecule has 1 heterocycles. The number of nitrogens with zero attached hydrogens (tertiary/aromatic N) is 2. The van der Waals surface area contributed by atoms with Crippen molar-refractivity contribution in [2.24, 2.45) is 0 Å². The van der Waals surface area contributed by atoms with Gasteiger partial charge in [0, 0.05) is 11.4 Å². The number of aromatic nitrogens is 2. The number of halogens is 1. The smallest absolute Gasteiger partial charge is 0.217 e. The molecule has 2 N–H and O–H groups in total. The van der Waals surface area contributed by atoms with Crippen molar-refractivity contribution in [2.75, 3.05) is 0 Å². The summed E-state index contributed by atoms with van der Waals surface area (Å²) in [5, 5.41) is 19.1. The molecule has 0 amide bonds. The monoisotopic (exact) mass is 250 g/mol. The van der Waals surface area contributed by atoms with E-state index in [1.54, 1.807) is 0 Å². The number of benzene rings is 1. The molecule has 0 aliphatic rings. The summed E-state index contributed by atoms with van der Waals surface area (Å²) in [6.45, 7) is 0. The zero-order chi connectivity index (χ0) is 12.3. The van der Waals surface area contributed by atoms with E-state index in [1.807, 2.05) is 24.3 Å². The topological polar surface area (TPSA) is 66.2 Å². The van der Waals surface area contributed by atoms with Gasteiger partial charge in [0.25, 0.3) is 0 Å². The van der Waals surface area contributed by atoms with Crippen LogP contribution in [0.4, 0.5) is 0 Å². The van der Waals surface area contributed by atoms with Gasteiger partial charge in [-0.25, -0.2) is 0 Å². The third-order valence-corrected chi connectivity index (χ3v) is 2.51. The molecule has 0 bridgehead atoms. The zero-order valence-corrected chi connectivity index (χ0v) is 9.72. The molecule has 0 radical (unpaired) electrons. The van der Waals surface area contributed by atoms with Crippen LogP contribution in [0.5, 0.6) is 11.8 Å². The van der Waals surface area contributed by atoms with Crippen molar-refractivity contribution in [3.05, 3.63) is 46.7 Å². The quantitative estimate of drug-likeness (QED) is 0.877. The van der Waals surface area contributed by atoms with Crippen LogP contribution >= 0.6 is 11.6 Å². The first-order valence-corrected chi connectivity index (χ1v) is 5.51. The molecule has 0 saturated carbocycles. The third kappa shape index (κ3) is 3.32. The van der Waals surface area contributed by atoms with Crippen LogP contribution in [0.3, 0.4) is 0 Å². The molecule has 0 unspecified atom stereocenters. The molecule has 4 nitrogen and oxygen atoms in total. The Bertz CT molecular complexity index is 511. The zero-order valence-electron chi connectivity index (χ0n) is 8.97. The molecular weight excluding hydrogens is 240 g/mol. The standard InChI is InChI=1S/C12H11ClN2O2/c13-9-3-1-2-8(6-9)4-5-10-14-11(16)7-12(17)15-10/h1-3,6-7H,4-5H2,(H2,14,15,16,17). The number of aryl methyl sites for hydroxylation is 2. The van der Waals surface area contributed by atoms with Crippen LogP contribution in [0.25, 0.3) is 0 Å². The summed E-state index contributed by atoms with van der Waals surface area (Å²) in [7, 11) is 0. The molecule has 5 heteroatoms. The Morgan fingerprint density at radius 2 is 1.71 bits per heavy atom. The second-order valence-electron chi connectivity index (χ2n) is 3.63. The molecule has 2 rings (SSSR count). The first-order chi connectivity index (χ1) is 8.13. The van der Waals surface area contributed by atoms with E-state index < -0.39 is 0 Å². The second kappa shape index (κ2) is 5.01. The number of aromatic hydroxyl groups is 2. The van der Waals surface area contributed by atoms with Crippen molar-refractivity contribution in [1.82, 2.24) is 9.97 Å². The first-order valence-electron chi connectivity index (χ1n) is 5.14. The van der Waals surface area contributed by atoms with Gasteiger partial charge in [0.05, 0.1) is 6.07 Å². The minimum absolute atomic E-state index is 0.224. The van der Waals surface area contributed by atoms with Gasteiger partial charge in [-0.1, -0.05) is 23.7 Å². The van der Waals surface area contributed by atoms with E-state index in [2.05, 4.69) is 9.97 Å². The lowest BCUT2D eigenvalue weighted by Gasteiger charge is -2.02. The Kier molecular flexibility index (Phi) is 3.44. The Morgan fingerprint density at radius 1 is 1.00 bits per heavy atom. The summed E-state index contributed by atoms with van der Waals surface area (Å²) in [6, 6.07) is 8.60. The van der Waals surface area contributed by atoms with Crippen molar-refractivity contribution < 1.29 is 10.2 Å². The van der Waals surface area contributed by atoms with Gasteiger partial charge in [-0.3, -0.25) is 0 Å². The molecule has 88 valence electrons. The fourth-order valence-corrected chi connectivity index (χ4v) is 1.74. The summed E-state index contributed by atoms with van der Waals surface area (Å²) >= 11 is 5.87. The predicted molar refractivity (Wildman–Crippen MR) is 64.2 cm³/mol. The first kappa shape index (κ1) is 11.7. The van der Waals surface area contributed by atoms with Crippen molar-refractivity contribution in [3.8, 4) is 11.8 Å². The van der Waals surface area contributed by atoms with E-state index in [4.69, 9.17) is 11.6 Å². The number of hydrogen-bond donors (Lipinski definition) is 2. The highest BCUT2D eigenvalue weighted by atomic mass is 35.5. The van der Waals surface area contributed by atoms with E-state index in [9.17, 15) is 10.2 Å². The van der Waals surface area contributed by atoms with Gasteiger partial charge in [0.2, 0.25) is 11.8 Å². The number of rotatable bonds is 3. The summed E-state index contributed by atoms with van der Waals surface area (Å²) < 4.78 is 0. The van der Waals surface area contributed by atoms with Crippen LogP contribution in [0.1, 0.15) is 11.4 Å². The van der Waals surface area contributed by atoms with E-state index in [-0.39, 0.29) is 11.8 Å². The van der Waals surface area contributed by atoms with Crippen LogP contribution in [0, 0.1) is 0 Å². The van der Waals surface area contributed by atoms with Crippen LogP contribution < -0.4 is 0 Å². The number of hydrogen-bond acceptors (Lipinski definition) is 4. The highest BCUT2D eigenvalue weighted by Gasteiger charge is 2.03. The fraction of sp³-hybridized carbons (Fsp3) is 0.167.